The van der Waals surface area contributed by atoms with Gasteiger partial charge in [0.05, 0.1) is 0 Å². The highest BCUT2D eigenvalue weighted by Crippen LogP contribution is 2.28. The number of benzene rings is 1. The van der Waals surface area contributed by atoms with Crippen molar-refractivity contribution in [3.05, 3.63) is 29.3 Å². The average Bonchev–Trinajstić information content (AvgIpc) is 2.75. The number of carbonyl (C=O) groups excluding carboxylic acids is 3. The maximum atomic E-state index is 12.7. The summed E-state index contributed by atoms with van der Waals surface area (Å²) in [7, 11) is 0. The van der Waals surface area contributed by atoms with Crippen LogP contribution in [0.15, 0.2) is 24.3 Å². The lowest BCUT2D eigenvalue weighted by molar-refractivity contribution is -0.134. The van der Waals surface area contributed by atoms with E-state index in [1.165, 1.54) is 0 Å². The zero-order valence-electron chi connectivity index (χ0n) is 13.9. The van der Waals surface area contributed by atoms with Crippen LogP contribution < -0.4 is 10.6 Å². The van der Waals surface area contributed by atoms with Gasteiger partial charge in [-0.1, -0.05) is 38.3 Å². The number of carbonyl (C=O) groups is 3. The third-order valence-electron chi connectivity index (χ3n) is 4.03. The van der Waals surface area contributed by atoms with E-state index in [2.05, 4.69) is 10.6 Å². The minimum atomic E-state index is -0.874. The lowest BCUT2D eigenvalue weighted by Crippen LogP contribution is -2.47. The summed E-state index contributed by atoms with van der Waals surface area (Å²) in [6.07, 6.45) is 2.69. The summed E-state index contributed by atoms with van der Waals surface area (Å²) in [5.41, 5.74) is -0.314. The van der Waals surface area contributed by atoms with Crippen molar-refractivity contribution in [1.29, 1.82) is 0 Å². The Balaban J connectivity index is 2.05. The fourth-order valence-electron chi connectivity index (χ4n) is 3.01. The maximum absolute atomic E-state index is 12.7. The lowest BCUT2D eigenvalue weighted by Gasteiger charge is -2.25. The quantitative estimate of drug-likeness (QED) is 0.740. The van der Waals surface area contributed by atoms with Crippen LogP contribution >= 0.6 is 11.6 Å². The van der Waals surface area contributed by atoms with E-state index in [-0.39, 0.29) is 12.5 Å². The van der Waals surface area contributed by atoms with Crippen molar-refractivity contribution in [2.45, 2.75) is 45.1 Å². The summed E-state index contributed by atoms with van der Waals surface area (Å²) in [5, 5.41) is 6.00. The van der Waals surface area contributed by atoms with Gasteiger partial charge < -0.3 is 10.6 Å². The van der Waals surface area contributed by atoms with Crippen LogP contribution in [0.3, 0.4) is 0 Å². The van der Waals surface area contributed by atoms with Crippen molar-refractivity contribution < 1.29 is 14.4 Å². The molecule has 1 aliphatic rings. The molecule has 1 aliphatic heterocycles. The molecule has 7 heteroatoms. The van der Waals surface area contributed by atoms with Crippen LogP contribution in [0.1, 0.15) is 39.5 Å². The molecule has 1 saturated heterocycles. The van der Waals surface area contributed by atoms with E-state index in [4.69, 9.17) is 11.6 Å². The first-order valence-electron chi connectivity index (χ1n) is 8.11. The molecular weight excluding hydrogens is 330 g/mol. The normalized spacial score (nSPS) is 16.2. The minimum absolute atomic E-state index is 0.303. The van der Waals surface area contributed by atoms with E-state index in [1.807, 2.05) is 13.8 Å². The summed E-state index contributed by atoms with van der Waals surface area (Å²) in [6, 6.07) is 6.11. The Morgan fingerprint density at radius 1 is 1.17 bits per heavy atom. The van der Waals surface area contributed by atoms with Crippen LogP contribution in [-0.4, -0.2) is 34.8 Å². The van der Waals surface area contributed by atoms with Crippen molar-refractivity contribution in [3.8, 4) is 0 Å². The number of imide groups is 1. The van der Waals surface area contributed by atoms with E-state index in [1.54, 1.807) is 24.3 Å². The first-order valence-corrected chi connectivity index (χ1v) is 8.49. The topological polar surface area (TPSA) is 78.5 Å². The molecule has 0 aliphatic carbocycles. The van der Waals surface area contributed by atoms with Crippen molar-refractivity contribution in [2.24, 2.45) is 0 Å². The third-order valence-corrected chi connectivity index (χ3v) is 4.28. The van der Waals surface area contributed by atoms with Gasteiger partial charge in [0.15, 0.2) is 0 Å². The largest absolute Gasteiger partial charge is 0.325 e. The highest BCUT2D eigenvalue weighted by molar-refractivity contribution is 6.30. The number of hydrogen-bond acceptors (Lipinski definition) is 3. The predicted octanol–water partition coefficient (Wildman–Crippen LogP) is 3.17. The van der Waals surface area contributed by atoms with Crippen molar-refractivity contribution >= 4 is 35.1 Å². The molecule has 4 amide bonds. The zero-order chi connectivity index (χ0) is 17.7. The average molecular weight is 352 g/mol. The molecule has 24 heavy (non-hydrogen) atoms. The summed E-state index contributed by atoms with van der Waals surface area (Å²) in [5.74, 6) is -0.743. The van der Waals surface area contributed by atoms with Crippen LogP contribution in [0.25, 0.3) is 0 Å². The monoisotopic (exact) mass is 351 g/mol. The first-order chi connectivity index (χ1) is 11.4. The molecule has 130 valence electrons. The zero-order valence-corrected chi connectivity index (χ0v) is 14.7. The third kappa shape index (κ3) is 3.87. The molecule has 2 rings (SSSR count). The van der Waals surface area contributed by atoms with Gasteiger partial charge in [-0.05, 0) is 37.1 Å². The fraction of sp³-hybridized carbons (Fsp3) is 0.471. The number of hydrogen-bond donors (Lipinski definition) is 2. The molecule has 0 unspecified atom stereocenters. The molecule has 0 spiro atoms. The van der Waals surface area contributed by atoms with Crippen molar-refractivity contribution in [2.75, 3.05) is 11.9 Å². The Kier molecular flexibility index (Phi) is 5.83. The molecule has 1 fully saturated rings. The number of nitrogens with one attached hydrogen (secondary N) is 2. The standard InChI is InChI=1S/C17H22ClN3O3/c1-3-9-17(10-4-2)15(23)21(16(24)20-17)11-14(22)19-13-7-5-12(18)6-8-13/h5-8H,3-4,9-11H2,1-2H3,(H,19,22)(H,20,24). The highest BCUT2D eigenvalue weighted by atomic mass is 35.5. The Labute approximate surface area is 146 Å². The predicted molar refractivity (Wildman–Crippen MR) is 92.9 cm³/mol. The van der Waals surface area contributed by atoms with E-state index in [0.717, 1.165) is 17.7 Å². The molecule has 0 saturated carbocycles. The molecule has 0 radical (unpaired) electrons. The molecule has 0 bridgehead atoms. The number of halogens is 1. The van der Waals surface area contributed by atoms with Crippen LogP contribution in [0, 0.1) is 0 Å². The number of amides is 4. The summed E-state index contributed by atoms with van der Waals surface area (Å²) in [6.45, 7) is 3.63. The Hall–Kier alpha value is -2.08. The van der Waals surface area contributed by atoms with E-state index < -0.39 is 17.5 Å². The molecular formula is C17H22ClN3O3. The van der Waals surface area contributed by atoms with E-state index >= 15 is 0 Å². The van der Waals surface area contributed by atoms with Gasteiger partial charge in [-0.3, -0.25) is 14.5 Å². The lowest BCUT2D eigenvalue weighted by atomic mass is 9.88. The van der Waals surface area contributed by atoms with Gasteiger partial charge >= 0.3 is 6.03 Å². The molecule has 1 aromatic carbocycles. The fourth-order valence-corrected chi connectivity index (χ4v) is 3.14. The minimum Gasteiger partial charge on any atom is -0.325 e. The molecule has 2 N–H and O–H groups in total. The maximum Gasteiger partial charge on any atom is 0.325 e. The molecule has 1 heterocycles. The first kappa shape index (κ1) is 18.3. The van der Waals surface area contributed by atoms with E-state index in [9.17, 15) is 14.4 Å². The van der Waals surface area contributed by atoms with Crippen LogP contribution in [0.2, 0.25) is 5.02 Å². The second kappa shape index (κ2) is 7.66. The van der Waals surface area contributed by atoms with Crippen molar-refractivity contribution in [1.82, 2.24) is 10.2 Å². The molecule has 0 atom stereocenters. The second-order valence-electron chi connectivity index (χ2n) is 5.96. The number of urea groups is 1. The summed E-state index contributed by atoms with van der Waals surface area (Å²) in [4.78, 5) is 38.0. The van der Waals surface area contributed by atoms with Gasteiger partial charge in [0.25, 0.3) is 5.91 Å². The smallest absolute Gasteiger partial charge is 0.325 e. The van der Waals surface area contributed by atoms with Crippen LogP contribution in [0.5, 0.6) is 0 Å². The Bertz CT molecular complexity index is 624. The molecule has 1 aromatic rings. The summed E-state index contributed by atoms with van der Waals surface area (Å²) >= 11 is 5.80. The summed E-state index contributed by atoms with van der Waals surface area (Å²) < 4.78 is 0. The van der Waals surface area contributed by atoms with Gasteiger partial charge in [0.1, 0.15) is 12.1 Å². The van der Waals surface area contributed by atoms with Gasteiger partial charge in [0, 0.05) is 10.7 Å². The Morgan fingerprint density at radius 2 is 1.75 bits per heavy atom. The van der Waals surface area contributed by atoms with Crippen molar-refractivity contribution in [3.63, 3.8) is 0 Å². The van der Waals surface area contributed by atoms with Gasteiger partial charge in [-0.25, -0.2) is 4.79 Å². The van der Waals surface area contributed by atoms with Gasteiger partial charge in [-0.2, -0.15) is 0 Å². The number of anilines is 1. The van der Waals surface area contributed by atoms with Gasteiger partial charge in [0.2, 0.25) is 5.91 Å². The number of rotatable bonds is 7. The molecule has 0 aromatic heterocycles. The molecule has 6 nitrogen and oxygen atoms in total. The van der Waals surface area contributed by atoms with E-state index in [0.29, 0.717) is 23.6 Å². The van der Waals surface area contributed by atoms with Crippen LogP contribution in [-0.2, 0) is 9.59 Å². The SMILES string of the molecule is CCCC1(CCC)NC(=O)N(CC(=O)Nc2ccc(Cl)cc2)C1=O. The second-order valence-corrected chi connectivity index (χ2v) is 6.40. The Morgan fingerprint density at radius 3 is 2.29 bits per heavy atom. The highest BCUT2D eigenvalue weighted by Gasteiger charge is 2.50. The number of nitrogens with zero attached hydrogens (tertiary/aromatic N) is 1. The van der Waals surface area contributed by atoms with Gasteiger partial charge in [-0.15, -0.1) is 0 Å². The van der Waals surface area contributed by atoms with Crippen LogP contribution in [0.4, 0.5) is 10.5 Å².